The number of anilines is 1. The molecule has 2 aromatic carbocycles. The minimum atomic E-state index is -0.485. The van der Waals surface area contributed by atoms with E-state index in [9.17, 15) is 14.4 Å². The average Bonchev–Trinajstić information content (AvgIpc) is 2.91. The molecule has 1 aliphatic heterocycles. The summed E-state index contributed by atoms with van der Waals surface area (Å²) in [5, 5.41) is 2.22. The lowest BCUT2D eigenvalue weighted by molar-refractivity contribution is -0.127. The van der Waals surface area contributed by atoms with Crippen molar-refractivity contribution in [1.29, 1.82) is 0 Å². The van der Waals surface area contributed by atoms with Gasteiger partial charge >= 0.3 is 0 Å². The number of hydrogen-bond acceptors (Lipinski definition) is 5. The Bertz CT molecular complexity index is 973. The number of imide groups is 1. The first-order chi connectivity index (χ1) is 13.4. The lowest BCUT2D eigenvalue weighted by atomic mass is 10.2. The summed E-state index contributed by atoms with van der Waals surface area (Å²) < 4.78 is 5.91. The third kappa shape index (κ3) is 4.63. The van der Waals surface area contributed by atoms with Crippen molar-refractivity contribution in [3.8, 4) is 5.75 Å². The molecule has 8 heteroatoms. The first-order valence-corrected chi connectivity index (χ1v) is 9.94. The van der Waals surface area contributed by atoms with Gasteiger partial charge in [0.05, 0.1) is 16.5 Å². The number of rotatable bonds is 5. The molecule has 0 bridgehead atoms. The van der Waals surface area contributed by atoms with Crippen molar-refractivity contribution >= 4 is 56.5 Å². The highest BCUT2D eigenvalue weighted by Crippen LogP contribution is 2.33. The van der Waals surface area contributed by atoms with Gasteiger partial charge in [-0.05, 0) is 70.5 Å². The fourth-order valence-electron chi connectivity index (χ4n) is 2.54. The summed E-state index contributed by atoms with van der Waals surface area (Å²) >= 11 is 4.20. The van der Waals surface area contributed by atoms with E-state index in [1.54, 1.807) is 43.5 Å². The van der Waals surface area contributed by atoms with Gasteiger partial charge in [0.1, 0.15) is 12.3 Å². The molecule has 1 N–H and O–H groups in total. The van der Waals surface area contributed by atoms with Crippen LogP contribution in [0.25, 0.3) is 6.08 Å². The van der Waals surface area contributed by atoms with Gasteiger partial charge in [-0.1, -0.05) is 23.8 Å². The van der Waals surface area contributed by atoms with Crippen LogP contribution in [-0.4, -0.2) is 35.6 Å². The molecule has 0 aromatic heterocycles. The van der Waals surface area contributed by atoms with E-state index in [2.05, 4.69) is 21.2 Å². The van der Waals surface area contributed by atoms with Crippen molar-refractivity contribution in [3.63, 3.8) is 0 Å². The van der Waals surface area contributed by atoms with Crippen molar-refractivity contribution in [3.05, 3.63) is 63.0 Å². The van der Waals surface area contributed by atoms with Crippen LogP contribution in [0.4, 0.5) is 10.5 Å². The van der Waals surface area contributed by atoms with Gasteiger partial charge in [0, 0.05) is 5.69 Å². The van der Waals surface area contributed by atoms with Crippen LogP contribution in [0.15, 0.2) is 51.8 Å². The molecule has 0 atom stereocenters. The van der Waals surface area contributed by atoms with Crippen LogP contribution in [0.5, 0.6) is 5.75 Å². The molecule has 0 unspecified atom stereocenters. The van der Waals surface area contributed by atoms with Crippen LogP contribution in [0.3, 0.4) is 0 Å². The number of nitrogens with zero attached hydrogens (tertiary/aromatic N) is 1. The molecule has 2 aromatic rings. The fourth-order valence-corrected chi connectivity index (χ4v) is 3.94. The molecular weight excluding hydrogens is 444 g/mol. The van der Waals surface area contributed by atoms with E-state index in [0.29, 0.717) is 11.4 Å². The van der Waals surface area contributed by atoms with Crippen molar-refractivity contribution in [1.82, 2.24) is 4.90 Å². The van der Waals surface area contributed by atoms with E-state index in [1.807, 2.05) is 19.1 Å². The second kappa shape index (κ2) is 8.62. The lowest BCUT2D eigenvalue weighted by Gasteiger charge is -2.12. The molecule has 3 amide bonds. The highest BCUT2D eigenvalue weighted by molar-refractivity contribution is 9.10. The molecule has 6 nitrogen and oxygen atoms in total. The predicted molar refractivity (Wildman–Crippen MR) is 113 cm³/mol. The van der Waals surface area contributed by atoms with Gasteiger partial charge in [-0.25, -0.2) is 0 Å². The largest absolute Gasteiger partial charge is 0.496 e. The Balaban J connectivity index is 1.69. The quantitative estimate of drug-likeness (QED) is 0.667. The summed E-state index contributed by atoms with van der Waals surface area (Å²) in [5.74, 6) is -0.251. The molecule has 0 aliphatic carbocycles. The number of hydrogen-bond donors (Lipinski definition) is 1. The number of carbonyl (C=O) groups excluding carboxylic acids is 3. The second-order valence-corrected chi connectivity index (χ2v) is 7.92. The Morgan fingerprint density at radius 2 is 1.93 bits per heavy atom. The van der Waals surface area contributed by atoms with Gasteiger partial charge in [0.15, 0.2) is 0 Å². The smallest absolute Gasteiger partial charge is 0.294 e. The van der Waals surface area contributed by atoms with Gasteiger partial charge in [0.2, 0.25) is 5.91 Å². The van der Waals surface area contributed by atoms with Crippen LogP contribution in [-0.2, 0) is 9.59 Å². The molecular formula is C20H17BrN2O4S. The van der Waals surface area contributed by atoms with E-state index in [1.165, 1.54) is 0 Å². The Kier molecular flexibility index (Phi) is 6.21. The van der Waals surface area contributed by atoms with Crippen LogP contribution < -0.4 is 10.1 Å². The third-order valence-electron chi connectivity index (χ3n) is 3.98. The molecule has 1 fully saturated rings. The Morgan fingerprint density at radius 1 is 1.21 bits per heavy atom. The van der Waals surface area contributed by atoms with Crippen molar-refractivity contribution in [2.75, 3.05) is 19.0 Å². The number of carbonyl (C=O) groups is 3. The van der Waals surface area contributed by atoms with Gasteiger partial charge in [-0.3, -0.25) is 19.3 Å². The summed E-state index contributed by atoms with van der Waals surface area (Å²) in [6.07, 6.45) is 1.62. The molecule has 144 valence electrons. The van der Waals surface area contributed by atoms with Gasteiger partial charge in [-0.15, -0.1) is 0 Å². The highest BCUT2D eigenvalue weighted by Gasteiger charge is 2.36. The Morgan fingerprint density at radius 3 is 2.57 bits per heavy atom. The average molecular weight is 461 g/mol. The number of amides is 3. The summed E-state index contributed by atoms with van der Waals surface area (Å²) in [5.41, 5.74) is 2.42. The van der Waals surface area contributed by atoms with Crippen LogP contribution in [0.2, 0.25) is 0 Å². The van der Waals surface area contributed by atoms with Gasteiger partial charge in [0.25, 0.3) is 11.1 Å². The van der Waals surface area contributed by atoms with E-state index in [-0.39, 0.29) is 11.4 Å². The van der Waals surface area contributed by atoms with E-state index >= 15 is 0 Å². The molecule has 1 heterocycles. The number of methoxy groups -OCH3 is 1. The number of nitrogens with one attached hydrogen (secondary N) is 1. The summed E-state index contributed by atoms with van der Waals surface area (Å²) in [6.45, 7) is 1.61. The third-order valence-corrected chi connectivity index (χ3v) is 5.51. The number of benzene rings is 2. The zero-order valence-corrected chi connectivity index (χ0v) is 17.6. The minimum Gasteiger partial charge on any atom is -0.496 e. The first-order valence-electron chi connectivity index (χ1n) is 8.33. The standard InChI is InChI=1S/C20H17BrN2O4S/c1-12-3-6-14(7-4-12)22-18(24)11-23-19(25)17(28-20(23)26)10-13-5-8-16(27-2)15(21)9-13/h3-10H,11H2,1-2H3,(H,22,24)/b17-10+. The normalized spacial score (nSPS) is 15.2. The molecule has 1 aliphatic rings. The Hall–Kier alpha value is -2.58. The zero-order chi connectivity index (χ0) is 20.3. The highest BCUT2D eigenvalue weighted by atomic mass is 79.9. The first kappa shape index (κ1) is 20.2. The molecule has 1 saturated heterocycles. The van der Waals surface area contributed by atoms with Crippen molar-refractivity contribution in [2.45, 2.75) is 6.92 Å². The second-order valence-electron chi connectivity index (χ2n) is 6.08. The summed E-state index contributed by atoms with van der Waals surface area (Å²) in [7, 11) is 1.56. The van der Waals surface area contributed by atoms with Gasteiger partial charge in [-0.2, -0.15) is 0 Å². The SMILES string of the molecule is COc1ccc(/C=C2/SC(=O)N(CC(=O)Nc3ccc(C)cc3)C2=O)cc1Br. The van der Waals surface area contributed by atoms with E-state index in [0.717, 1.165) is 32.3 Å². The monoisotopic (exact) mass is 460 g/mol. The van der Waals surface area contributed by atoms with Crippen molar-refractivity contribution < 1.29 is 19.1 Å². The van der Waals surface area contributed by atoms with Crippen LogP contribution >= 0.6 is 27.7 Å². The summed E-state index contributed by atoms with van der Waals surface area (Å²) in [4.78, 5) is 38.2. The number of thioether (sulfide) groups is 1. The maximum absolute atomic E-state index is 12.6. The topological polar surface area (TPSA) is 75.7 Å². The number of ether oxygens (including phenoxy) is 1. The molecule has 3 rings (SSSR count). The van der Waals surface area contributed by atoms with Crippen LogP contribution in [0.1, 0.15) is 11.1 Å². The Labute approximate surface area is 175 Å². The molecule has 0 saturated carbocycles. The maximum atomic E-state index is 12.6. The number of halogens is 1. The van der Waals surface area contributed by atoms with Crippen molar-refractivity contribution in [2.24, 2.45) is 0 Å². The maximum Gasteiger partial charge on any atom is 0.294 e. The van der Waals surface area contributed by atoms with E-state index < -0.39 is 17.1 Å². The van der Waals surface area contributed by atoms with E-state index in [4.69, 9.17) is 4.74 Å². The molecule has 0 spiro atoms. The fraction of sp³-hybridized carbons (Fsp3) is 0.150. The molecule has 0 radical (unpaired) electrons. The predicted octanol–water partition coefficient (Wildman–Crippen LogP) is 4.44. The van der Waals surface area contributed by atoms with Crippen LogP contribution in [0, 0.1) is 6.92 Å². The summed E-state index contributed by atoms with van der Waals surface area (Å²) in [6, 6.07) is 12.6. The zero-order valence-electron chi connectivity index (χ0n) is 15.2. The van der Waals surface area contributed by atoms with Gasteiger partial charge < -0.3 is 10.1 Å². The lowest BCUT2D eigenvalue weighted by Crippen LogP contribution is -2.36. The molecule has 28 heavy (non-hydrogen) atoms. The number of aryl methyl sites for hydroxylation is 1. The minimum absolute atomic E-state index is 0.269.